The molecule has 1 aliphatic carbocycles. The first-order valence-corrected chi connectivity index (χ1v) is 5.47. The number of carbonyl (C=O) groups is 1. The molecule has 0 aliphatic heterocycles. The highest BCUT2D eigenvalue weighted by Crippen LogP contribution is 2.30. The monoisotopic (exact) mass is 256 g/mol. The van der Waals surface area contributed by atoms with E-state index in [4.69, 9.17) is 5.73 Å². The second-order valence-corrected chi connectivity index (χ2v) is 4.58. The Morgan fingerprint density at radius 3 is 2.35 bits per heavy atom. The molecule has 7 heteroatoms. The molecule has 0 bridgehead atoms. The molecular formula is C10H16F4N2O. The molecule has 1 saturated carbocycles. The summed E-state index contributed by atoms with van der Waals surface area (Å²) in [6.07, 6.45) is -0.751. The molecule has 17 heavy (non-hydrogen) atoms. The average molecular weight is 256 g/mol. The molecule has 1 aliphatic rings. The Hall–Kier alpha value is -0.850. The van der Waals surface area contributed by atoms with E-state index in [-0.39, 0.29) is 6.42 Å². The number of rotatable bonds is 5. The van der Waals surface area contributed by atoms with Gasteiger partial charge in [0.15, 0.2) is 0 Å². The molecule has 0 aromatic carbocycles. The molecule has 0 atom stereocenters. The lowest BCUT2D eigenvalue weighted by Crippen LogP contribution is -2.46. The van der Waals surface area contributed by atoms with E-state index >= 15 is 0 Å². The fraction of sp³-hybridized carbons (Fsp3) is 0.900. The molecule has 0 spiro atoms. The van der Waals surface area contributed by atoms with Crippen molar-refractivity contribution in [1.82, 2.24) is 5.32 Å². The number of hydrogen-bond acceptors (Lipinski definition) is 2. The van der Waals surface area contributed by atoms with Gasteiger partial charge in [-0.1, -0.05) is 12.8 Å². The van der Waals surface area contributed by atoms with E-state index in [0.29, 0.717) is 12.8 Å². The van der Waals surface area contributed by atoms with Crippen LogP contribution in [-0.2, 0) is 4.79 Å². The summed E-state index contributed by atoms with van der Waals surface area (Å²) in [7, 11) is 0. The van der Waals surface area contributed by atoms with Crippen LogP contribution in [0.3, 0.4) is 0 Å². The van der Waals surface area contributed by atoms with Crippen LogP contribution in [-0.4, -0.2) is 30.3 Å². The number of hydrogen-bond donors (Lipinski definition) is 2. The first-order chi connectivity index (χ1) is 7.75. The lowest BCUT2D eigenvalue weighted by atomic mass is 9.94. The van der Waals surface area contributed by atoms with Gasteiger partial charge in [0, 0.05) is 12.0 Å². The molecule has 100 valence electrons. The van der Waals surface area contributed by atoms with Crippen LogP contribution < -0.4 is 11.1 Å². The lowest BCUT2D eigenvalue weighted by Gasteiger charge is -2.23. The van der Waals surface area contributed by atoms with E-state index < -0.39 is 30.3 Å². The van der Waals surface area contributed by atoms with Gasteiger partial charge in [0.1, 0.15) is 0 Å². The van der Waals surface area contributed by atoms with E-state index in [1.54, 1.807) is 0 Å². The zero-order chi connectivity index (χ0) is 13.1. The fourth-order valence-electron chi connectivity index (χ4n) is 1.93. The maximum absolute atomic E-state index is 12.5. The third kappa shape index (κ3) is 4.14. The number of carbonyl (C=O) groups excluding carboxylic acids is 1. The van der Waals surface area contributed by atoms with Crippen LogP contribution in [0.2, 0.25) is 0 Å². The van der Waals surface area contributed by atoms with Crippen molar-refractivity contribution in [2.24, 2.45) is 5.73 Å². The molecule has 1 amide bonds. The molecular weight excluding hydrogens is 240 g/mol. The number of nitrogens with one attached hydrogen (secondary N) is 1. The highest BCUT2D eigenvalue weighted by atomic mass is 19.3. The van der Waals surface area contributed by atoms with Gasteiger partial charge in [-0.15, -0.1) is 0 Å². The van der Waals surface area contributed by atoms with Crippen LogP contribution >= 0.6 is 0 Å². The molecule has 0 aromatic heterocycles. The van der Waals surface area contributed by atoms with Crippen molar-refractivity contribution in [3.8, 4) is 0 Å². The van der Waals surface area contributed by atoms with E-state index in [1.165, 1.54) is 0 Å². The van der Waals surface area contributed by atoms with Crippen LogP contribution in [0.15, 0.2) is 0 Å². The molecule has 0 saturated heterocycles. The second kappa shape index (κ2) is 5.20. The average Bonchev–Trinajstić information content (AvgIpc) is 2.62. The molecule has 3 N–H and O–H groups in total. The predicted molar refractivity (Wildman–Crippen MR) is 54.0 cm³/mol. The smallest absolute Gasteiger partial charge is 0.324 e. The Bertz CT molecular complexity index is 277. The van der Waals surface area contributed by atoms with E-state index in [9.17, 15) is 22.4 Å². The van der Waals surface area contributed by atoms with Crippen molar-refractivity contribution >= 4 is 5.91 Å². The minimum atomic E-state index is -4.19. The Labute approximate surface area is 96.7 Å². The van der Waals surface area contributed by atoms with Crippen molar-refractivity contribution in [3.05, 3.63) is 0 Å². The summed E-state index contributed by atoms with van der Waals surface area (Å²) in [5.74, 6) is -4.89. The van der Waals surface area contributed by atoms with Crippen LogP contribution in [0.5, 0.6) is 0 Å². The summed E-state index contributed by atoms with van der Waals surface area (Å²) in [5, 5.41) is 1.81. The largest absolute Gasteiger partial charge is 0.350 e. The lowest BCUT2D eigenvalue weighted by molar-refractivity contribution is -0.137. The minimum Gasteiger partial charge on any atom is -0.350 e. The third-order valence-corrected chi connectivity index (χ3v) is 2.95. The Morgan fingerprint density at radius 2 is 1.88 bits per heavy atom. The second-order valence-electron chi connectivity index (χ2n) is 4.58. The van der Waals surface area contributed by atoms with Crippen LogP contribution in [0.25, 0.3) is 0 Å². The predicted octanol–water partition coefficient (Wildman–Crippen LogP) is 1.66. The summed E-state index contributed by atoms with van der Waals surface area (Å²) < 4.78 is 48.7. The van der Waals surface area contributed by atoms with Gasteiger partial charge >= 0.3 is 12.3 Å². The van der Waals surface area contributed by atoms with Gasteiger partial charge in [0.05, 0.1) is 6.54 Å². The molecule has 0 unspecified atom stereocenters. The van der Waals surface area contributed by atoms with Gasteiger partial charge in [-0.2, -0.15) is 8.78 Å². The molecule has 0 radical (unpaired) electrons. The van der Waals surface area contributed by atoms with Crippen molar-refractivity contribution < 1.29 is 22.4 Å². The van der Waals surface area contributed by atoms with Crippen molar-refractivity contribution in [3.63, 3.8) is 0 Å². The normalized spacial score (nSPS) is 19.6. The first kappa shape index (κ1) is 14.2. The molecule has 0 heterocycles. The van der Waals surface area contributed by atoms with Crippen LogP contribution in [0, 0.1) is 0 Å². The molecule has 1 rings (SSSR count). The number of amides is 1. The maximum atomic E-state index is 12.5. The van der Waals surface area contributed by atoms with Crippen LogP contribution in [0.1, 0.15) is 32.1 Å². The van der Waals surface area contributed by atoms with Gasteiger partial charge in [-0.3, -0.25) is 4.79 Å². The quantitative estimate of drug-likeness (QED) is 0.735. The number of alkyl halides is 4. The number of halogens is 4. The highest BCUT2D eigenvalue weighted by molar-refractivity contribution is 5.77. The summed E-state index contributed by atoms with van der Waals surface area (Å²) in [6, 6.07) is 0. The minimum absolute atomic E-state index is 0.0910. The third-order valence-electron chi connectivity index (χ3n) is 2.95. The topological polar surface area (TPSA) is 55.1 Å². The zero-order valence-corrected chi connectivity index (χ0v) is 9.32. The summed E-state index contributed by atoms with van der Waals surface area (Å²) >= 11 is 0. The van der Waals surface area contributed by atoms with E-state index in [0.717, 1.165) is 12.8 Å². The zero-order valence-electron chi connectivity index (χ0n) is 9.32. The van der Waals surface area contributed by atoms with Gasteiger partial charge in [-0.25, -0.2) is 8.78 Å². The summed E-state index contributed by atoms with van der Waals surface area (Å²) in [4.78, 5) is 11.3. The summed E-state index contributed by atoms with van der Waals surface area (Å²) in [5.41, 5.74) is 5.20. The first-order valence-electron chi connectivity index (χ1n) is 5.47. The van der Waals surface area contributed by atoms with Gasteiger partial charge in [0.25, 0.3) is 0 Å². The molecule has 3 nitrogen and oxygen atoms in total. The SMILES string of the molecule is NC1(CC(=O)NCC(F)(F)C(F)F)CCCC1. The van der Waals surface area contributed by atoms with E-state index in [2.05, 4.69) is 0 Å². The van der Waals surface area contributed by atoms with Crippen molar-refractivity contribution in [1.29, 1.82) is 0 Å². The highest BCUT2D eigenvalue weighted by Gasteiger charge is 2.41. The maximum Gasteiger partial charge on any atom is 0.324 e. The van der Waals surface area contributed by atoms with Crippen LogP contribution in [0.4, 0.5) is 17.6 Å². The Morgan fingerprint density at radius 1 is 1.35 bits per heavy atom. The standard InChI is InChI=1S/C10H16F4N2O/c11-8(12)10(13,14)6-16-7(17)5-9(15)3-1-2-4-9/h8H,1-6,15H2,(H,16,17). The number of nitrogens with two attached hydrogens (primary N) is 1. The van der Waals surface area contributed by atoms with Gasteiger partial charge in [-0.05, 0) is 12.8 Å². The van der Waals surface area contributed by atoms with Gasteiger partial charge in [0.2, 0.25) is 5.91 Å². The molecule has 1 fully saturated rings. The van der Waals surface area contributed by atoms with Crippen molar-refractivity contribution in [2.45, 2.75) is 50.0 Å². The Balaban J connectivity index is 2.35. The Kier molecular flexibility index (Phi) is 4.35. The molecule has 0 aromatic rings. The van der Waals surface area contributed by atoms with E-state index in [1.807, 2.05) is 5.32 Å². The van der Waals surface area contributed by atoms with Gasteiger partial charge < -0.3 is 11.1 Å². The van der Waals surface area contributed by atoms with Crippen molar-refractivity contribution in [2.75, 3.05) is 6.54 Å². The fourth-order valence-corrected chi connectivity index (χ4v) is 1.93. The summed E-state index contributed by atoms with van der Waals surface area (Å²) in [6.45, 7) is -1.35.